The smallest absolute Gasteiger partial charge is 0.248 e. The van der Waals surface area contributed by atoms with E-state index in [2.05, 4.69) is 10.6 Å². The molecule has 0 bridgehead atoms. The van der Waals surface area contributed by atoms with E-state index in [-0.39, 0.29) is 5.91 Å². The van der Waals surface area contributed by atoms with Crippen molar-refractivity contribution in [3.63, 3.8) is 0 Å². The summed E-state index contributed by atoms with van der Waals surface area (Å²) < 4.78 is 5.23. The topological polar surface area (TPSA) is 93.5 Å². The molecule has 0 aromatic heterocycles. The summed E-state index contributed by atoms with van der Waals surface area (Å²) in [6.45, 7) is 3.50. The van der Waals surface area contributed by atoms with E-state index in [0.717, 1.165) is 19.4 Å². The number of nitrogens with two attached hydrogens (primary N) is 1. The highest BCUT2D eigenvalue weighted by Gasteiger charge is 2.39. The second-order valence-corrected chi connectivity index (χ2v) is 5.29. The van der Waals surface area contributed by atoms with Crippen LogP contribution in [-0.4, -0.2) is 32.0 Å². The maximum absolute atomic E-state index is 12.6. The molecule has 1 unspecified atom stereocenters. The summed E-state index contributed by atoms with van der Waals surface area (Å²) in [5.74, 6) is -0.0960. The van der Waals surface area contributed by atoms with Gasteiger partial charge in [-0.3, -0.25) is 9.59 Å². The Morgan fingerprint density at radius 3 is 2.76 bits per heavy atom. The first-order valence-corrected chi connectivity index (χ1v) is 7.02. The fourth-order valence-corrected chi connectivity index (χ4v) is 2.61. The van der Waals surface area contributed by atoms with Crippen LogP contribution in [0.2, 0.25) is 0 Å². The quantitative estimate of drug-likeness (QED) is 0.758. The van der Waals surface area contributed by atoms with E-state index < -0.39 is 11.3 Å². The first-order valence-electron chi connectivity index (χ1n) is 7.02. The molecule has 6 heteroatoms. The normalized spacial score (nSPS) is 21.0. The van der Waals surface area contributed by atoms with E-state index >= 15 is 0 Å². The average molecular weight is 291 g/mol. The van der Waals surface area contributed by atoms with Gasteiger partial charge in [0.1, 0.15) is 5.75 Å². The van der Waals surface area contributed by atoms with Crippen molar-refractivity contribution >= 4 is 17.5 Å². The molecule has 21 heavy (non-hydrogen) atoms. The number of ether oxygens (including phenoxy) is 1. The lowest BCUT2D eigenvalue weighted by atomic mass is 9.83. The number of hydrogen-bond acceptors (Lipinski definition) is 4. The summed E-state index contributed by atoms with van der Waals surface area (Å²) in [7, 11) is 1.52. The number of primary amides is 1. The third kappa shape index (κ3) is 3.00. The Morgan fingerprint density at radius 1 is 1.48 bits per heavy atom. The third-order valence-electron chi connectivity index (χ3n) is 4.13. The van der Waals surface area contributed by atoms with E-state index in [9.17, 15) is 9.59 Å². The SMILES string of the molecule is CCC1(C(=O)Nc2cc(C(N)=O)ccc2OC)CCNC1. The van der Waals surface area contributed by atoms with Gasteiger partial charge in [0.25, 0.3) is 0 Å². The number of nitrogens with one attached hydrogen (secondary N) is 2. The summed E-state index contributed by atoms with van der Waals surface area (Å²) >= 11 is 0. The van der Waals surface area contributed by atoms with Gasteiger partial charge >= 0.3 is 0 Å². The summed E-state index contributed by atoms with van der Waals surface area (Å²) in [6.07, 6.45) is 1.55. The second kappa shape index (κ2) is 6.13. The highest BCUT2D eigenvalue weighted by molar-refractivity contribution is 5.99. The summed E-state index contributed by atoms with van der Waals surface area (Å²) in [5.41, 5.74) is 5.67. The largest absolute Gasteiger partial charge is 0.495 e. The molecule has 1 heterocycles. The molecule has 1 aromatic rings. The Bertz CT molecular complexity index is 551. The van der Waals surface area contributed by atoms with Gasteiger partial charge in [-0.05, 0) is 37.6 Å². The van der Waals surface area contributed by atoms with E-state index in [0.29, 0.717) is 23.5 Å². The van der Waals surface area contributed by atoms with Gasteiger partial charge < -0.3 is 21.1 Å². The van der Waals surface area contributed by atoms with Crippen molar-refractivity contribution in [1.82, 2.24) is 5.32 Å². The second-order valence-electron chi connectivity index (χ2n) is 5.29. The van der Waals surface area contributed by atoms with Gasteiger partial charge in [-0.1, -0.05) is 6.92 Å². The van der Waals surface area contributed by atoms with Crippen molar-refractivity contribution in [3.8, 4) is 5.75 Å². The van der Waals surface area contributed by atoms with E-state index in [4.69, 9.17) is 10.5 Å². The number of rotatable bonds is 5. The molecule has 1 fully saturated rings. The number of hydrogen-bond donors (Lipinski definition) is 3. The van der Waals surface area contributed by atoms with Crippen molar-refractivity contribution in [1.29, 1.82) is 0 Å². The van der Waals surface area contributed by atoms with Crippen LogP contribution in [0.5, 0.6) is 5.75 Å². The van der Waals surface area contributed by atoms with Crippen molar-refractivity contribution < 1.29 is 14.3 Å². The van der Waals surface area contributed by atoms with Gasteiger partial charge in [0.05, 0.1) is 18.2 Å². The van der Waals surface area contributed by atoms with Gasteiger partial charge in [0, 0.05) is 12.1 Å². The van der Waals surface area contributed by atoms with Crippen LogP contribution in [0.25, 0.3) is 0 Å². The van der Waals surface area contributed by atoms with Crippen LogP contribution in [0.1, 0.15) is 30.1 Å². The van der Waals surface area contributed by atoms with Crippen molar-refractivity contribution in [3.05, 3.63) is 23.8 Å². The molecule has 4 N–H and O–H groups in total. The van der Waals surface area contributed by atoms with Crippen LogP contribution in [0.4, 0.5) is 5.69 Å². The molecule has 2 amide bonds. The Kier molecular flexibility index (Phi) is 4.47. The Labute approximate surface area is 124 Å². The molecule has 1 aromatic carbocycles. The number of carbonyl (C=O) groups excluding carboxylic acids is 2. The monoisotopic (exact) mass is 291 g/mol. The Balaban J connectivity index is 2.27. The lowest BCUT2D eigenvalue weighted by Crippen LogP contribution is -2.37. The van der Waals surface area contributed by atoms with Crippen molar-refractivity contribution in [2.24, 2.45) is 11.1 Å². The predicted octanol–water partition coefficient (Wildman–Crippen LogP) is 1.12. The average Bonchev–Trinajstić information content (AvgIpc) is 2.97. The molecule has 2 rings (SSSR count). The molecule has 1 aliphatic rings. The van der Waals surface area contributed by atoms with Gasteiger partial charge in [-0.15, -0.1) is 0 Å². The Hall–Kier alpha value is -2.08. The third-order valence-corrected chi connectivity index (χ3v) is 4.13. The zero-order valence-electron chi connectivity index (χ0n) is 12.4. The summed E-state index contributed by atoms with van der Waals surface area (Å²) in [4.78, 5) is 23.9. The minimum atomic E-state index is -0.541. The minimum Gasteiger partial charge on any atom is -0.495 e. The van der Waals surface area contributed by atoms with Gasteiger partial charge in [0.15, 0.2) is 0 Å². The van der Waals surface area contributed by atoms with E-state index in [1.165, 1.54) is 7.11 Å². The number of benzene rings is 1. The van der Waals surface area contributed by atoms with Gasteiger partial charge in [-0.2, -0.15) is 0 Å². The molecule has 114 valence electrons. The highest BCUT2D eigenvalue weighted by Crippen LogP contribution is 2.33. The molecule has 0 aliphatic carbocycles. The first-order chi connectivity index (χ1) is 10.0. The zero-order chi connectivity index (χ0) is 15.5. The standard InChI is InChI=1S/C15H21N3O3/c1-3-15(6-7-17-9-15)14(20)18-11-8-10(13(16)19)4-5-12(11)21-2/h4-5,8,17H,3,6-7,9H2,1-2H3,(H2,16,19)(H,18,20). The fourth-order valence-electron chi connectivity index (χ4n) is 2.61. The van der Waals surface area contributed by atoms with Crippen LogP contribution in [-0.2, 0) is 4.79 Å². The van der Waals surface area contributed by atoms with Crippen LogP contribution in [0, 0.1) is 5.41 Å². The van der Waals surface area contributed by atoms with E-state index in [1.54, 1.807) is 18.2 Å². The van der Waals surface area contributed by atoms with Crippen LogP contribution >= 0.6 is 0 Å². The van der Waals surface area contributed by atoms with Crippen molar-refractivity contribution in [2.75, 3.05) is 25.5 Å². The molecule has 1 saturated heterocycles. The highest BCUT2D eigenvalue weighted by atomic mass is 16.5. The molecule has 1 atom stereocenters. The number of anilines is 1. The maximum Gasteiger partial charge on any atom is 0.248 e. The van der Waals surface area contributed by atoms with Crippen LogP contribution in [0.15, 0.2) is 18.2 Å². The number of amides is 2. The van der Waals surface area contributed by atoms with Crippen LogP contribution < -0.4 is 21.1 Å². The molecular weight excluding hydrogens is 270 g/mol. The molecular formula is C15H21N3O3. The molecule has 0 radical (unpaired) electrons. The number of carbonyl (C=O) groups is 2. The molecule has 1 aliphatic heterocycles. The van der Waals surface area contributed by atoms with Crippen LogP contribution in [0.3, 0.4) is 0 Å². The minimum absolute atomic E-state index is 0.0603. The molecule has 6 nitrogen and oxygen atoms in total. The zero-order valence-corrected chi connectivity index (χ0v) is 12.4. The predicted molar refractivity (Wildman–Crippen MR) is 80.4 cm³/mol. The number of methoxy groups -OCH3 is 1. The Morgan fingerprint density at radius 2 is 2.24 bits per heavy atom. The summed E-state index contributed by atoms with van der Waals surface area (Å²) in [6, 6.07) is 4.75. The van der Waals surface area contributed by atoms with E-state index in [1.807, 2.05) is 6.92 Å². The molecule has 0 spiro atoms. The maximum atomic E-state index is 12.6. The van der Waals surface area contributed by atoms with Crippen molar-refractivity contribution in [2.45, 2.75) is 19.8 Å². The first kappa shape index (κ1) is 15.3. The van der Waals surface area contributed by atoms with Gasteiger partial charge in [-0.25, -0.2) is 0 Å². The fraction of sp³-hybridized carbons (Fsp3) is 0.467. The lowest BCUT2D eigenvalue weighted by Gasteiger charge is -2.25. The summed E-state index contributed by atoms with van der Waals surface area (Å²) in [5, 5.41) is 6.10. The van der Waals surface area contributed by atoms with Gasteiger partial charge in [0.2, 0.25) is 11.8 Å². The lowest BCUT2D eigenvalue weighted by molar-refractivity contribution is -0.124. The molecule has 0 saturated carbocycles.